The van der Waals surface area contributed by atoms with Crippen molar-refractivity contribution in [3.63, 3.8) is 0 Å². The van der Waals surface area contributed by atoms with Gasteiger partial charge in [0.2, 0.25) is 0 Å². The van der Waals surface area contributed by atoms with E-state index in [-0.39, 0.29) is 5.54 Å². The summed E-state index contributed by atoms with van der Waals surface area (Å²) in [4.78, 5) is 10.8. The van der Waals surface area contributed by atoms with Crippen LogP contribution in [0.4, 0.5) is 5.69 Å². The highest BCUT2D eigenvalue weighted by Gasteiger charge is 2.49. The first-order valence-corrected chi connectivity index (χ1v) is 8.79. The summed E-state index contributed by atoms with van der Waals surface area (Å²) in [5.74, 6) is 0.317. The molecule has 6 nitrogen and oxygen atoms in total. The van der Waals surface area contributed by atoms with Gasteiger partial charge in [-0.2, -0.15) is 0 Å². The molecule has 4 N–H and O–H groups in total. The Hall–Kier alpha value is -2.05. The molecule has 25 heavy (non-hydrogen) atoms. The van der Waals surface area contributed by atoms with Crippen LogP contribution in [0.5, 0.6) is 0 Å². The highest BCUT2D eigenvalue weighted by Crippen LogP contribution is 2.43. The molecule has 1 aromatic carbocycles. The van der Waals surface area contributed by atoms with Gasteiger partial charge in [0, 0.05) is 24.6 Å². The Kier molecular flexibility index (Phi) is 5.30. The number of amidine groups is 1. The maximum atomic E-state index is 8.74. The fourth-order valence-electron chi connectivity index (χ4n) is 2.90. The number of halogens is 2. The predicted molar refractivity (Wildman–Crippen MR) is 105 cm³/mol. The minimum Gasteiger partial charge on any atom is -0.398 e. The van der Waals surface area contributed by atoms with Crippen LogP contribution >= 0.6 is 23.2 Å². The maximum Gasteiger partial charge on any atom is 0.132 e. The average Bonchev–Trinajstić information content (AvgIpc) is 3.33. The Balaban J connectivity index is 1.92. The molecule has 0 amide bonds. The van der Waals surface area contributed by atoms with E-state index in [1.165, 1.54) is 0 Å². The van der Waals surface area contributed by atoms with E-state index in [0.717, 1.165) is 12.8 Å². The van der Waals surface area contributed by atoms with Gasteiger partial charge in [-0.25, -0.2) is 0 Å². The van der Waals surface area contributed by atoms with Crippen molar-refractivity contribution in [3.8, 4) is 0 Å². The van der Waals surface area contributed by atoms with Crippen molar-refractivity contribution in [1.82, 2.24) is 10.2 Å². The normalized spacial score (nSPS) is 21.7. The molecule has 1 aliphatic heterocycles. The summed E-state index contributed by atoms with van der Waals surface area (Å²) in [5, 5.41) is 12.6. The third kappa shape index (κ3) is 3.96. The molecule has 0 radical (unpaired) electrons. The lowest BCUT2D eigenvalue weighted by Gasteiger charge is -2.33. The van der Waals surface area contributed by atoms with E-state index in [1.807, 2.05) is 4.90 Å². The molecule has 0 saturated heterocycles. The molecule has 3 rings (SSSR count). The number of aliphatic imine (C=N–C) groups is 2. The van der Waals surface area contributed by atoms with Crippen molar-refractivity contribution >= 4 is 47.3 Å². The maximum absolute atomic E-state index is 8.74. The summed E-state index contributed by atoms with van der Waals surface area (Å²) in [6, 6.07) is 5.30. The first-order valence-electron chi connectivity index (χ1n) is 8.04. The summed E-state index contributed by atoms with van der Waals surface area (Å²) in [6.45, 7) is 1.69. The quantitative estimate of drug-likeness (QED) is 0.398. The van der Waals surface area contributed by atoms with Gasteiger partial charge >= 0.3 is 0 Å². The van der Waals surface area contributed by atoms with Crippen LogP contribution in [0.15, 0.2) is 39.4 Å². The third-order valence-electron chi connectivity index (χ3n) is 4.39. The van der Waals surface area contributed by atoms with E-state index in [0.29, 0.717) is 46.8 Å². The van der Waals surface area contributed by atoms with Gasteiger partial charge in [-0.15, -0.1) is 0 Å². The van der Waals surface area contributed by atoms with Crippen LogP contribution in [0.1, 0.15) is 18.4 Å². The smallest absolute Gasteiger partial charge is 0.132 e. The van der Waals surface area contributed by atoms with E-state index in [4.69, 9.17) is 34.3 Å². The molecule has 1 aliphatic carbocycles. The van der Waals surface area contributed by atoms with Crippen LogP contribution in [0.3, 0.4) is 0 Å². The van der Waals surface area contributed by atoms with E-state index in [9.17, 15) is 0 Å². The summed E-state index contributed by atoms with van der Waals surface area (Å²) in [6.07, 6.45) is 6.76. The number of hydrogen-bond acceptors (Lipinski definition) is 5. The second-order valence-electron chi connectivity index (χ2n) is 6.13. The van der Waals surface area contributed by atoms with Gasteiger partial charge in [-0.1, -0.05) is 29.3 Å². The second kappa shape index (κ2) is 7.45. The molecule has 0 aromatic heterocycles. The zero-order valence-electron chi connectivity index (χ0n) is 13.7. The minimum absolute atomic E-state index is 0.196. The fourth-order valence-corrected chi connectivity index (χ4v) is 3.30. The Morgan fingerprint density at radius 3 is 2.80 bits per heavy atom. The van der Waals surface area contributed by atoms with Gasteiger partial charge < -0.3 is 16.0 Å². The first kappa shape index (κ1) is 17.8. The van der Waals surface area contributed by atoms with E-state index >= 15 is 0 Å². The summed E-state index contributed by atoms with van der Waals surface area (Å²) >= 11 is 12.4. The Morgan fingerprint density at radius 1 is 1.28 bits per heavy atom. The Labute approximate surface area is 156 Å². The molecular formula is C17H20Cl2N6. The van der Waals surface area contributed by atoms with Crippen molar-refractivity contribution in [2.24, 2.45) is 9.98 Å². The van der Waals surface area contributed by atoms with Crippen LogP contribution in [-0.4, -0.2) is 48.5 Å². The molecule has 1 fully saturated rings. The van der Waals surface area contributed by atoms with Crippen molar-refractivity contribution in [2.75, 3.05) is 25.4 Å². The van der Waals surface area contributed by atoms with Crippen molar-refractivity contribution in [1.29, 1.82) is 5.41 Å². The minimum atomic E-state index is -0.196. The first-order chi connectivity index (χ1) is 12.0. The van der Waals surface area contributed by atoms with Gasteiger partial charge in [0.1, 0.15) is 5.84 Å². The number of nitrogens with zero attached hydrogens (tertiary/aromatic N) is 3. The standard InChI is InChI=1S/C17H20Cl2N6/c18-12-8-23-10-17(4-5-17)25(7-6-22-11-24-9-12)16(21)15-13(19)2-1-3-14(15)20/h1-3,8-9,11,21H,4-7,10,20H2,(H,22,24)/b12-9+,21-16?,23-8?. The largest absolute Gasteiger partial charge is 0.398 e. The lowest BCUT2D eigenvalue weighted by atomic mass is 10.1. The summed E-state index contributed by atoms with van der Waals surface area (Å²) in [5.41, 5.74) is 6.95. The summed E-state index contributed by atoms with van der Waals surface area (Å²) < 4.78 is 0. The number of nitrogens with one attached hydrogen (secondary N) is 2. The average molecular weight is 379 g/mol. The van der Waals surface area contributed by atoms with Gasteiger partial charge in [-0.3, -0.25) is 15.4 Å². The van der Waals surface area contributed by atoms with Gasteiger partial charge in [0.05, 0.1) is 40.6 Å². The van der Waals surface area contributed by atoms with Gasteiger partial charge in [-0.05, 0) is 25.0 Å². The van der Waals surface area contributed by atoms with E-state index < -0.39 is 0 Å². The van der Waals surface area contributed by atoms with Gasteiger partial charge in [0.15, 0.2) is 0 Å². The van der Waals surface area contributed by atoms with E-state index in [1.54, 1.807) is 37.0 Å². The number of nitrogens with two attached hydrogens (primary N) is 1. The molecule has 2 aliphatic rings. The topological polar surface area (TPSA) is 89.9 Å². The van der Waals surface area contributed by atoms with Gasteiger partial charge in [0.25, 0.3) is 0 Å². The Morgan fingerprint density at radius 2 is 2.08 bits per heavy atom. The molecule has 132 valence electrons. The molecule has 0 bridgehead atoms. The summed E-state index contributed by atoms with van der Waals surface area (Å²) in [7, 11) is 0. The number of anilines is 1. The molecule has 8 heteroatoms. The molecule has 0 atom stereocenters. The molecule has 1 spiro atoms. The van der Waals surface area contributed by atoms with Crippen molar-refractivity contribution in [2.45, 2.75) is 18.4 Å². The SMILES string of the molecule is N=C(c1c(N)cccc1Cl)N1CCN=CN/C=C(/Cl)C=NCC12CC2. The number of benzene rings is 1. The number of nitrogen functional groups attached to an aromatic ring is 1. The molecule has 1 saturated carbocycles. The van der Waals surface area contributed by atoms with Crippen LogP contribution in [0.2, 0.25) is 5.02 Å². The van der Waals surface area contributed by atoms with Crippen molar-refractivity contribution < 1.29 is 0 Å². The van der Waals surface area contributed by atoms with Crippen LogP contribution in [0.25, 0.3) is 0 Å². The Bertz CT molecular complexity index is 731. The number of hydrogen-bond donors (Lipinski definition) is 3. The molecular weight excluding hydrogens is 359 g/mol. The monoisotopic (exact) mass is 378 g/mol. The second-order valence-corrected chi connectivity index (χ2v) is 6.97. The number of allylic oxidation sites excluding steroid dienone is 1. The molecule has 0 unspecified atom stereocenters. The highest BCUT2D eigenvalue weighted by atomic mass is 35.5. The lowest BCUT2D eigenvalue weighted by Crippen LogP contribution is -2.46. The fraction of sp³-hybridized carbons (Fsp3) is 0.353. The zero-order valence-corrected chi connectivity index (χ0v) is 15.2. The highest BCUT2D eigenvalue weighted by molar-refractivity contribution is 6.39. The molecule has 1 aromatic rings. The lowest BCUT2D eigenvalue weighted by molar-refractivity contribution is 0.302. The van der Waals surface area contributed by atoms with Crippen LogP contribution in [0, 0.1) is 5.41 Å². The predicted octanol–water partition coefficient (Wildman–Crippen LogP) is 2.86. The molecule has 1 heterocycles. The zero-order chi connectivity index (χ0) is 17.9. The van der Waals surface area contributed by atoms with Crippen LogP contribution in [-0.2, 0) is 0 Å². The van der Waals surface area contributed by atoms with Crippen LogP contribution < -0.4 is 11.1 Å². The number of rotatable bonds is 1. The third-order valence-corrected chi connectivity index (χ3v) is 4.91. The van der Waals surface area contributed by atoms with Crippen molar-refractivity contribution in [3.05, 3.63) is 40.0 Å². The van der Waals surface area contributed by atoms with E-state index in [2.05, 4.69) is 15.3 Å².